The largest absolute Gasteiger partial charge is 0.327 e. The van der Waals surface area contributed by atoms with Crippen molar-refractivity contribution < 1.29 is 0 Å². The van der Waals surface area contributed by atoms with Crippen LogP contribution in [-0.2, 0) is 6.54 Å². The molecule has 4 heteroatoms. The Balaban J connectivity index is 2.40. The summed E-state index contributed by atoms with van der Waals surface area (Å²) in [6.45, 7) is 6.10. The normalized spacial score (nSPS) is 13.4. The molecule has 0 aliphatic heterocycles. The van der Waals surface area contributed by atoms with Gasteiger partial charge in [-0.2, -0.15) is 0 Å². The molecule has 0 saturated carbocycles. The molecule has 0 saturated heterocycles. The zero-order valence-electron chi connectivity index (χ0n) is 10.9. The minimum Gasteiger partial charge on any atom is -0.327 e. The van der Waals surface area contributed by atoms with E-state index in [0.717, 1.165) is 25.1 Å². The summed E-state index contributed by atoms with van der Waals surface area (Å²) < 4.78 is 0. The van der Waals surface area contributed by atoms with Crippen molar-refractivity contribution >= 4 is 11.6 Å². The summed E-state index contributed by atoms with van der Waals surface area (Å²) in [5.41, 5.74) is 7.09. The first-order valence-electron chi connectivity index (χ1n) is 6.04. The van der Waals surface area contributed by atoms with Gasteiger partial charge in [-0.3, -0.25) is 0 Å². The van der Waals surface area contributed by atoms with E-state index >= 15 is 0 Å². The second-order valence-electron chi connectivity index (χ2n) is 4.89. The van der Waals surface area contributed by atoms with Crippen molar-refractivity contribution in [1.82, 2.24) is 9.88 Å². The molecule has 96 valence electrons. The molecule has 1 aromatic rings. The maximum Gasteiger partial charge on any atom is 0.133 e. The van der Waals surface area contributed by atoms with E-state index in [0.29, 0.717) is 11.1 Å². The predicted molar refractivity (Wildman–Crippen MR) is 73.0 cm³/mol. The molecule has 1 unspecified atom stereocenters. The molecule has 0 bridgehead atoms. The van der Waals surface area contributed by atoms with Crippen molar-refractivity contribution in [1.29, 1.82) is 0 Å². The number of nitrogens with two attached hydrogens (primary N) is 1. The lowest BCUT2D eigenvalue weighted by atomic mass is 10.0. The van der Waals surface area contributed by atoms with Crippen LogP contribution in [0.3, 0.4) is 0 Å². The van der Waals surface area contributed by atoms with Crippen LogP contribution in [0.5, 0.6) is 0 Å². The van der Waals surface area contributed by atoms with Gasteiger partial charge in [0.2, 0.25) is 0 Å². The maximum atomic E-state index is 6.02. The zero-order valence-corrected chi connectivity index (χ0v) is 11.6. The van der Waals surface area contributed by atoms with Gasteiger partial charge in [-0.05, 0) is 32.0 Å². The molecule has 0 amide bonds. The molecule has 0 aliphatic carbocycles. The van der Waals surface area contributed by atoms with Gasteiger partial charge in [-0.1, -0.05) is 31.5 Å². The van der Waals surface area contributed by atoms with Crippen molar-refractivity contribution in [3.8, 4) is 0 Å². The van der Waals surface area contributed by atoms with Crippen LogP contribution < -0.4 is 5.73 Å². The summed E-state index contributed by atoms with van der Waals surface area (Å²) in [7, 11) is 2.08. The summed E-state index contributed by atoms with van der Waals surface area (Å²) >= 11 is 6.02. The van der Waals surface area contributed by atoms with E-state index < -0.39 is 0 Å². The third-order valence-electron chi connectivity index (χ3n) is 2.98. The quantitative estimate of drug-likeness (QED) is 0.795. The third kappa shape index (κ3) is 5.02. The monoisotopic (exact) mass is 255 g/mol. The van der Waals surface area contributed by atoms with Gasteiger partial charge in [0.15, 0.2) is 0 Å². The topological polar surface area (TPSA) is 42.1 Å². The van der Waals surface area contributed by atoms with E-state index in [1.54, 1.807) is 6.20 Å². The molecule has 1 aromatic heterocycles. The van der Waals surface area contributed by atoms with Crippen LogP contribution in [0.25, 0.3) is 0 Å². The average Bonchev–Trinajstić information content (AvgIpc) is 2.29. The first-order valence-corrected chi connectivity index (χ1v) is 6.42. The van der Waals surface area contributed by atoms with Crippen LogP contribution in [0.2, 0.25) is 5.15 Å². The highest BCUT2D eigenvalue weighted by molar-refractivity contribution is 6.30. The lowest BCUT2D eigenvalue weighted by Crippen LogP contribution is -2.31. The molecule has 2 N–H and O–H groups in total. The molecular formula is C13H22ClN3. The van der Waals surface area contributed by atoms with Gasteiger partial charge in [0.25, 0.3) is 0 Å². The van der Waals surface area contributed by atoms with E-state index in [2.05, 4.69) is 30.8 Å². The zero-order chi connectivity index (χ0) is 12.8. The fraction of sp³-hybridized carbons (Fsp3) is 0.615. The van der Waals surface area contributed by atoms with E-state index in [1.165, 1.54) is 0 Å². The number of rotatable bonds is 6. The summed E-state index contributed by atoms with van der Waals surface area (Å²) in [5.74, 6) is 0.533. The van der Waals surface area contributed by atoms with Crippen molar-refractivity contribution in [2.24, 2.45) is 11.7 Å². The maximum absolute atomic E-state index is 6.02. The molecule has 1 heterocycles. The molecule has 0 radical (unpaired) electrons. The summed E-state index contributed by atoms with van der Waals surface area (Å²) in [4.78, 5) is 6.30. The van der Waals surface area contributed by atoms with Gasteiger partial charge >= 0.3 is 0 Å². The summed E-state index contributed by atoms with van der Waals surface area (Å²) in [6.07, 6.45) is 2.71. The first kappa shape index (κ1) is 14.4. The minimum absolute atomic E-state index is 0.266. The Morgan fingerprint density at radius 2 is 2.18 bits per heavy atom. The van der Waals surface area contributed by atoms with Gasteiger partial charge in [0.1, 0.15) is 5.15 Å². The van der Waals surface area contributed by atoms with Gasteiger partial charge in [0, 0.05) is 24.3 Å². The van der Waals surface area contributed by atoms with Crippen molar-refractivity contribution in [2.75, 3.05) is 13.6 Å². The van der Waals surface area contributed by atoms with Crippen LogP contribution in [-0.4, -0.2) is 29.5 Å². The lowest BCUT2D eigenvalue weighted by Gasteiger charge is -2.21. The molecule has 0 fully saturated rings. The molecule has 1 atom stereocenters. The minimum atomic E-state index is 0.266. The standard InChI is InChI=1S/C13H22ClN3/c1-10(2)12(15)6-8-17(3)9-11-5-4-7-16-13(11)14/h4-5,7,10,12H,6,8-9,15H2,1-3H3. The van der Waals surface area contributed by atoms with E-state index in [-0.39, 0.29) is 6.04 Å². The fourth-order valence-electron chi connectivity index (χ4n) is 1.61. The number of nitrogens with zero attached hydrogens (tertiary/aromatic N) is 2. The van der Waals surface area contributed by atoms with Gasteiger partial charge in [-0.15, -0.1) is 0 Å². The van der Waals surface area contributed by atoms with Crippen LogP contribution in [0.1, 0.15) is 25.8 Å². The predicted octanol–water partition coefficient (Wildman–Crippen LogP) is 2.54. The second-order valence-corrected chi connectivity index (χ2v) is 5.25. The average molecular weight is 256 g/mol. The molecule has 1 rings (SSSR count). The molecule has 0 aliphatic rings. The van der Waals surface area contributed by atoms with Crippen LogP contribution >= 0.6 is 11.6 Å². The van der Waals surface area contributed by atoms with Crippen LogP contribution in [0.15, 0.2) is 18.3 Å². The SMILES string of the molecule is CC(C)C(N)CCN(C)Cc1cccnc1Cl. The molecular weight excluding hydrogens is 234 g/mol. The Bertz CT molecular complexity index is 341. The lowest BCUT2D eigenvalue weighted by molar-refractivity contribution is 0.296. The highest BCUT2D eigenvalue weighted by Gasteiger charge is 2.10. The second kappa shape index (κ2) is 6.94. The number of pyridine rings is 1. The first-order chi connectivity index (χ1) is 8.00. The molecule has 0 aromatic carbocycles. The number of hydrogen-bond acceptors (Lipinski definition) is 3. The Labute approximate surface area is 109 Å². The Morgan fingerprint density at radius 1 is 1.47 bits per heavy atom. The highest BCUT2D eigenvalue weighted by Crippen LogP contribution is 2.14. The Hall–Kier alpha value is -0.640. The van der Waals surface area contributed by atoms with Crippen LogP contribution in [0, 0.1) is 5.92 Å². The van der Waals surface area contributed by atoms with Crippen molar-refractivity contribution in [2.45, 2.75) is 32.9 Å². The van der Waals surface area contributed by atoms with E-state index in [9.17, 15) is 0 Å². The van der Waals surface area contributed by atoms with Gasteiger partial charge in [-0.25, -0.2) is 4.98 Å². The highest BCUT2D eigenvalue weighted by atomic mass is 35.5. The fourth-order valence-corrected chi connectivity index (χ4v) is 1.79. The van der Waals surface area contributed by atoms with Crippen molar-refractivity contribution in [3.63, 3.8) is 0 Å². The van der Waals surface area contributed by atoms with E-state index in [1.807, 2.05) is 12.1 Å². The van der Waals surface area contributed by atoms with Crippen LogP contribution in [0.4, 0.5) is 0 Å². The Kier molecular flexibility index (Phi) is 5.89. The van der Waals surface area contributed by atoms with Gasteiger partial charge in [0.05, 0.1) is 0 Å². The molecule has 3 nitrogen and oxygen atoms in total. The number of aromatic nitrogens is 1. The number of hydrogen-bond donors (Lipinski definition) is 1. The molecule has 0 spiro atoms. The van der Waals surface area contributed by atoms with Crippen molar-refractivity contribution in [3.05, 3.63) is 29.0 Å². The molecule has 17 heavy (non-hydrogen) atoms. The number of halogens is 1. The van der Waals surface area contributed by atoms with Gasteiger partial charge < -0.3 is 10.6 Å². The Morgan fingerprint density at radius 3 is 2.76 bits per heavy atom. The summed E-state index contributed by atoms with van der Waals surface area (Å²) in [5, 5.41) is 0.590. The third-order valence-corrected chi connectivity index (χ3v) is 3.32. The summed E-state index contributed by atoms with van der Waals surface area (Å²) in [6, 6.07) is 4.19. The van der Waals surface area contributed by atoms with E-state index in [4.69, 9.17) is 17.3 Å². The smallest absolute Gasteiger partial charge is 0.133 e.